The number of ether oxygens (including phenoxy) is 2. The normalized spacial score (nSPS) is 14.8. The Morgan fingerprint density at radius 2 is 2.00 bits per heavy atom. The van der Waals surface area contributed by atoms with Crippen molar-refractivity contribution in [1.82, 2.24) is 9.97 Å². The Balaban J connectivity index is 1.92. The molecule has 0 aliphatic carbocycles. The fourth-order valence-electron chi connectivity index (χ4n) is 1.78. The van der Waals surface area contributed by atoms with Gasteiger partial charge in [0, 0.05) is 18.7 Å². The van der Waals surface area contributed by atoms with Gasteiger partial charge in [0.25, 0.3) is 0 Å². The number of anilines is 1. The molecule has 0 spiro atoms. The Hall–Kier alpha value is -2.14. The highest BCUT2D eigenvalue weighted by Gasteiger charge is 2.21. The quantitative estimate of drug-likeness (QED) is 0.907. The zero-order valence-electron chi connectivity index (χ0n) is 10.7. The molecule has 5 heteroatoms. The van der Waals surface area contributed by atoms with Gasteiger partial charge in [-0.2, -0.15) is 4.98 Å². The van der Waals surface area contributed by atoms with Crippen molar-refractivity contribution in [2.24, 2.45) is 0 Å². The average Bonchev–Trinajstić information content (AvgIpc) is 2.43. The van der Waals surface area contributed by atoms with Gasteiger partial charge in [0.05, 0.1) is 13.2 Å². The van der Waals surface area contributed by atoms with Crippen LogP contribution in [0.4, 0.5) is 5.82 Å². The van der Waals surface area contributed by atoms with E-state index in [1.807, 2.05) is 37.4 Å². The zero-order chi connectivity index (χ0) is 13.1. The average molecular weight is 257 g/mol. The van der Waals surface area contributed by atoms with Crippen molar-refractivity contribution in [3.63, 3.8) is 0 Å². The van der Waals surface area contributed by atoms with Gasteiger partial charge < -0.3 is 14.8 Å². The lowest BCUT2D eigenvalue weighted by molar-refractivity contribution is -0.0813. The molecule has 2 heterocycles. The van der Waals surface area contributed by atoms with Crippen molar-refractivity contribution in [2.45, 2.75) is 6.10 Å². The van der Waals surface area contributed by atoms with Crippen LogP contribution in [0.2, 0.25) is 0 Å². The van der Waals surface area contributed by atoms with E-state index in [1.165, 1.54) is 0 Å². The number of hydrogen-bond acceptors (Lipinski definition) is 5. The van der Waals surface area contributed by atoms with Crippen LogP contribution in [0.15, 0.2) is 36.4 Å². The van der Waals surface area contributed by atoms with Crippen molar-refractivity contribution in [2.75, 3.05) is 25.6 Å². The monoisotopic (exact) mass is 257 g/mol. The lowest BCUT2D eigenvalue weighted by Crippen LogP contribution is -2.38. The maximum absolute atomic E-state index is 5.74. The first-order chi connectivity index (χ1) is 9.35. The molecular formula is C14H15N3O2. The van der Waals surface area contributed by atoms with Crippen LogP contribution in [0.1, 0.15) is 0 Å². The van der Waals surface area contributed by atoms with Gasteiger partial charge in [0.15, 0.2) is 5.82 Å². The predicted octanol–water partition coefficient (Wildman–Crippen LogP) is 1.96. The molecule has 2 aromatic rings. The third kappa shape index (κ3) is 2.66. The summed E-state index contributed by atoms with van der Waals surface area (Å²) in [6.07, 6.45) is 0.100. The van der Waals surface area contributed by atoms with Crippen LogP contribution >= 0.6 is 0 Å². The molecule has 0 amide bonds. The smallest absolute Gasteiger partial charge is 0.219 e. The second kappa shape index (κ2) is 5.24. The summed E-state index contributed by atoms with van der Waals surface area (Å²) in [7, 11) is 1.83. The molecule has 19 heavy (non-hydrogen) atoms. The molecular weight excluding hydrogens is 242 g/mol. The molecule has 0 atom stereocenters. The van der Waals surface area contributed by atoms with E-state index in [1.54, 1.807) is 6.07 Å². The molecule has 0 radical (unpaired) electrons. The lowest BCUT2D eigenvalue weighted by Gasteiger charge is -2.26. The molecule has 3 rings (SSSR count). The van der Waals surface area contributed by atoms with Gasteiger partial charge in [-0.25, -0.2) is 4.98 Å². The standard InChI is InChI=1S/C14H15N3O2/c1-15-12-7-13(19-11-8-18-9-11)17-14(16-12)10-5-3-2-4-6-10/h2-7,11H,8-9H2,1H3,(H,15,16,17). The van der Waals surface area contributed by atoms with Crippen molar-refractivity contribution < 1.29 is 9.47 Å². The van der Waals surface area contributed by atoms with Crippen molar-refractivity contribution in [3.8, 4) is 17.3 Å². The fraction of sp³-hybridized carbons (Fsp3) is 0.286. The first kappa shape index (κ1) is 11.9. The van der Waals surface area contributed by atoms with Gasteiger partial charge in [-0.1, -0.05) is 30.3 Å². The first-order valence-corrected chi connectivity index (χ1v) is 6.22. The largest absolute Gasteiger partial charge is 0.469 e. The van der Waals surface area contributed by atoms with E-state index >= 15 is 0 Å². The molecule has 1 aliphatic rings. The lowest BCUT2D eigenvalue weighted by atomic mass is 10.2. The first-order valence-electron chi connectivity index (χ1n) is 6.22. The molecule has 5 nitrogen and oxygen atoms in total. The van der Waals surface area contributed by atoms with E-state index in [0.717, 1.165) is 11.4 Å². The van der Waals surface area contributed by atoms with E-state index in [2.05, 4.69) is 15.3 Å². The van der Waals surface area contributed by atoms with Gasteiger partial charge in [-0.15, -0.1) is 0 Å². The number of nitrogens with zero attached hydrogens (tertiary/aromatic N) is 2. The summed E-state index contributed by atoms with van der Waals surface area (Å²) in [4.78, 5) is 8.88. The summed E-state index contributed by atoms with van der Waals surface area (Å²) in [5, 5.41) is 3.02. The molecule has 0 unspecified atom stereocenters. The van der Waals surface area contributed by atoms with Gasteiger partial charge >= 0.3 is 0 Å². The summed E-state index contributed by atoms with van der Waals surface area (Å²) >= 11 is 0. The third-order valence-corrected chi connectivity index (χ3v) is 2.89. The van der Waals surface area contributed by atoms with E-state index < -0.39 is 0 Å². The Morgan fingerprint density at radius 3 is 2.63 bits per heavy atom. The number of aromatic nitrogens is 2. The number of rotatable bonds is 4. The van der Waals surface area contributed by atoms with Crippen LogP contribution in [0.25, 0.3) is 11.4 Å². The van der Waals surface area contributed by atoms with Gasteiger partial charge in [-0.05, 0) is 0 Å². The molecule has 0 saturated carbocycles. The second-order valence-electron chi connectivity index (χ2n) is 4.31. The Labute approximate surface area is 111 Å². The van der Waals surface area contributed by atoms with Gasteiger partial charge in [0.1, 0.15) is 11.9 Å². The third-order valence-electron chi connectivity index (χ3n) is 2.89. The second-order valence-corrected chi connectivity index (χ2v) is 4.31. The maximum atomic E-state index is 5.74. The topological polar surface area (TPSA) is 56.3 Å². The minimum Gasteiger partial charge on any atom is -0.469 e. The van der Waals surface area contributed by atoms with Crippen LogP contribution in [-0.2, 0) is 4.74 Å². The highest BCUT2D eigenvalue weighted by atomic mass is 16.6. The Kier molecular flexibility index (Phi) is 3.29. The summed E-state index contributed by atoms with van der Waals surface area (Å²) in [6, 6.07) is 11.6. The highest BCUT2D eigenvalue weighted by molar-refractivity contribution is 5.58. The minimum atomic E-state index is 0.100. The maximum Gasteiger partial charge on any atom is 0.219 e. The molecule has 1 saturated heterocycles. The van der Waals surface area contributed by atoms with Crippen LogP contribution in [-0.4, -0.2) is 36.3 Å². The highest BCUT2D eigenvalue weighted by Crippen LogP contribution is 2.22. The molecule has 1 N–H and O–H groups in total. The molecule has 1 aromatic heterocycles. The van der Waals surface area contributed by atoms with E-state index in [-0.39, 0.29) is 6.10 Å². The van der Waals surface area contributed by atoms with Crippen LogP contribution in [0.5, 0.6) is 5.88 Å². The minimum absolute atomic E-state index is 0.100. The Morgan fingerprint density at radius 1 is 1.21 bits per heavy atom. The molecule has 1 aliphatic heterocycles. The summed E-state index contributed by atoms with van der Waals surface area (Å²) in [6.45, 7) is 1.25. The molecule has 1 fully saturated rings. The molecule has 0 bridgehead atoms. The van der Waals surface area contributed by atoms with Gasteiger partial charge in [0.2, 0.25) is 5.88 Å². The van der Waals surface area contributed by atoms with E-state index in [4.69, 9.17) is 9.47 Å². The van der Waals surface area contributed by atoms with Crippen LogP contribution in [0, 0.1) is 0 Å². The number of benzene rings is 1. The van der Waals surface area contributed by atoms with E-state index in [0.29, 0.717) is 24.9 Å². The SMILES string of the molecule is CNc1cc(OC2COC2)nc(-c2ccccc2)n1. The number of nitrogens with one attached hydrogen (secondary N) is 1. The van der Waals surface area contributed by atoms with Gasteiger partial charge in [-0.3, -0.25) is 0 Å². The number of hydrogen-bond donors (Lipinski definition) is 1. The summed E-state index contributed by atoms with van der Waals surface area (Å²) in [5.74, 6) is 1.97. The van der Waals surface area contributed by atoms with Crippen LogP contribution < -0.4 is 10.1 Å². The van der Waals surface area contributed by atoms with Crippen molar-refractivity contribution in [3.05, 3.63) is 36.4 Å². The van der Waals surface area contributed by atoms with Crippen molar-refractivity contribution >= 4 is 5.82 Å². The Bertz CT molecular complexity index is 556. The van der Waals surface area contributed by atoms with Crippen molar-refractivity contribution in [1.29, 1.82) is 0 Å². The zero-order valence-corrected chi connectivity index (χ0v) is 10.7. The van der Waals surface area contributed by atoms with Crippen LogP contribution in [0.3, 0.4) is 0 Å². The summed E-state index contributed by atoms with van der Waals surface area (Å²) in [5.41, 5.74) is 0.967. The predicted molar refractivity (Wildman–Crippen MR) is 72.2 cm³/mol. The molecule has 1 aromatic carbocycles. The molecule has 98 valence electrons. The fourth-order valence-corrected chi connectivity index (χ4v) is 1.78. The van der Waals surface area contributed by atoms with E-state index in [9.17, 15) is 0 Å². The summed E-state index contributed by atoms with van der Waals surface area (Å²) < 4.78 is 10.8.